The van der Waals surface area contributed by atoms with E-state index in [0.717, 1.165) is 17.3 Å². The molecule has 2 aromatic carbocycles. The molecule has 7 heteroatoms. The average molecular weight is 375 g/mol. The number of halogens is 3. The van der Waals surface area contributed by atoms with E-state index in [9.17, 15) is 13.2 Å². The van der Waals surface area contributed by atoms with Gasteiger partial charge in [-0.1, -0.05) is 6.07 Å². The Balaban J connectivity index is 1.76. The van der Waals surface area contributed by atoms with E-state index in [1.807, 2.05) is 6.92 Å². The summed E-state index contributed by atoms with van der Waals surface area (Å²) in [5, 5.41) is 7.45. The molecule has 27 heavy (non-hydrogen) atoms. The van der Waals surface area contributed by atoms with E-state index in [0.29, 0.717) is 17.9 Å². The Morgan fingerprint density at radius 1 is 1.11 bits per heavy atom. The van der Waals surface area contributed by atoms with E-state index in [-0.39, 0.29) is 17.5 Å². The molecule has 3 rings (SSSR count). The lowest BCUT2D eigenvalue weighted by Crippen LogP contribution is -2.19. The van der Waals surface area contributed by atoms with Gasteiger partial charge in [-0.05, 0) is 32.0 Å². The van der Waals surface area contributed by atoms with E-state index in [4.69, 9.17) is 4.74 Å². The third kappa shape index (κ3) is 3.98. The van der Waals surface area contributed by atoms with Gasteiger partial charge in [0.15, 0.2) is 5.82 Å². The maximum Gasteiger partial charge on any atom is 0.151 e. The average Bonchev–Trinajstić information content (AvgIpc) is 3.01. The third-order valence-corrected chi connectivity index (χ3v) is 4.51. The quantitative estimate of drug-likeness (QED) is 0.692. The van der Waals surface area contributed by atoms with Gasteiger partial charge in [-0.3, -0.25) is 0 Å². The Kier molecular flexibility index (Phi) is 5.51. The second-order valence-electron chi connectivity index (χ2n) is 6.25. The summed E-state index contributed by atoms with van der Waals surface area (Å²) < 4.78 is 47.6. The Morgan fingerprint density at radius 2 is 1.89 bits per heavy atom. The number of ether oxygens (including phenoxy) is 1. The third-order valence-electron chi connectivity index (χ3n) is 4.51. The minimum atomic E-state index is -0.686. The van der Waals surface area contributed by atoms with Crippen molar-refractivity contribution in [3.8, 4) is 11.4 Å². The molecule has 1 N–H and O–H groups in total. The number of hydrogen-bond donors (Lipinski definition) is 1. The maximum atomic E-state index is 14.1. The second-order valence-corrected chi connectivity index (χ2v) is 6.25. The summed E-state index contributed by atoms with van der Waals surface area (Å²) in [6, 6.07) is 7.91. The molecule has 0 aliphatic carbocycles. The van der Waals surface area contributed by atoms with Crippen LogP contribution >= 0.6 is 0 Å². The fraction of sp³-hybridized carbons (Fsp3) is 0.250. The van der Waals surface area contributed by atoms with Gasteiger partial charge in [-0.2, -0.15) is 5.10 Å². The number of benzene rings is 2. The van der Waals surface area contributed by atoms with Crippen LogP contribution in [-0.2, 0) is 6.54 Å². The zero-order chi connectivity index (χ0) is 19.6. The first kappa shape index (κ1) is 19.0. The Morgan fingerprint density at radius 3 is 2.56 bits per heavy atom. The molecule has 0 aliphatic rings. The number of rotatable bonds is 6. The molecular weight excluding hydrogens is 355 g/mol. The SMILES string of the molecule is COc1ccc(CNC(C)c2cnn(-c3ccc(F)cc3F)c2C)c(F)c1. The summed E-state index contributed by atoms with van der Waals surface area (Å²) >= 11 is 0. The predicted octanol–water partition coefficient (Wildman–Crippen LogP) is 4.46. The van der Waals surface area contributed by atoms with Gasteiger partial charge in [0.05, 0.1) is 13.3 Å². The van der Waals surface area contributed by atoms with Crippen molar-refractivity contribution in [3.05, 3.63) is 76.9 Å². The van der Waals surface area contributed by atoms with Crippen LogP contribution in [0.1, 0.15) is 29.8 Å². The largest absolute Gasteiger partial charge is 0.497 e. The molecule has 0 bridgehead atoms. The van der Waals surface area contributed by atoms with Crippen molar-refractivity contribution >= 4 is 0 Å². The van der Waals surface area contributed by atoms with Crippen LogP contribution < -0.4 is 10.1 Å². The first-order chi connectivity index (χ1) is 12.9. The summed E-state index contributed by atoms with van der Waals surface area (Å²) in [6.45, 7) is 4.03. The molecule has 0 spiro atoms. The normalized spacial score (nSPS) is 12.2. The molecule has 0 radical (unpaired) electrons. The highest BCUT2D eigenvalue weighted by Gasteiger charge is 2.17. The number of nitrogens with zero attached hydrogens (tertiary/aromatic N) is 2. The highest BCUT2D eigenvalue weighted by Crippen LogP contribution is 2.23. The molecule has 1 heterocycles. The van der Waals surface area contributed by atoms with Crippen molar-refractivity contribution in [2.45, 2.75) is 26.4 Å². The van der Waals surface area contributed by atoms with Crippen molar-refractivity contribution in [3.63, 3.8) is 0 Å². The summed E-state index contributed by atoms with van der Waals surface area (Å²) in [6.07, 6.45) is 1.63. The first-order valence-electron chi connectivity index (χ1n) is 8.46. The molecule has 1 aromatic heterocycles. The monoisotopic (exact) mass is 375 g/mol. The van der Waals surface area contributed by atoms with Gasteiger partial charge in [0, 0.05) is 41.5 Å². The minimum Gasteiger partial charge on any atom is -0.497 e. The number of aromatic nitrogens is 2. The van der Waals surface area contributed by atoms with E-state index in [2.05, 4.69) is 10.4 Å². The highest BCUT2D eigenvalue weighted by atomic mass is 19.1. The molecular formula is C20H20F3N3O. The molecule has 142 valence electrons. The van der Waals surface area contributed by atoms with Crippen molar-refractivity contribution in [1.82, 2.24) is 15.1 Å². The summed E-state index contributed by atoms with van der Waals surface area (Å²) in [5.41, 5.74) is 2.24. The van der Waals surface area contributed by atoms with Gasteiger partial charge in [0.1, 0.15) is 23.1 Å². The molecule has 3 aromatic rings. The van der Waals surface area contributed by atoms with Crippen LogP contribution in [-0.4, -0.2) is 16.9 Å². The maximum absolute atomic E-state index is 14.1. The standard InChI is InChI=1S/C20H20F3N3O/c1-12(24-10-14-4-6-16(27-3)9-18(14)22)17-11-25-26(13(17)2)20-7-5-15(21)8-19(20)23/h4-9,11-12,24H,10H2,1-3H3. The van der Waals surface area contributed by atoms with Crippen LogP contribution in [0.25, 0.3) is 5.69 Å². The lowest BCUT2D eigenvalue weighted by atomic mass is 10.1. The number of methoxy groups -OCH3 is 1. The van der Waals surface area contributed by atoms with Crippen LogP contribution in [0.2, 0.25) is 0 Å². The van der Waals surface area contributed by atoms with Gasteiger partial charge in [0.2, 0.25) is 0 Å². The van der Waals surface area contributed by atoms with Crippen LogP contribution in [0, 0.1) is 24.4 Å². The van der Waals surface area contributed by atoms with Crippen LogP contribution in [0.15, 0.2) is 42.6 Å². The molecule has 1 atom stereocenters. The lowest BCUT2D eigenvalue weighted by Gasteiger charge is -2.15. The smallest absolute Gasteiger partial charge is 0.151 e. The van der Waals surface area contributed by atoms with E-state index < -0.39 is 11.6 Å². The topological polar surface area (TPSA) is 39.1 Å². The molecule has 0 saturated heterocycles. The van der Waals surface area contributed by atoms with Crippen molar-refractivity contribution < 1.29 is 17.9 Å². The predicted molar refractivity (Wildman–Crippen MR) is 96.4 cm³/mol. The zero-order valence-electron chi connectivity index (χ0n) is 15.3. The first-order valence-corrected chi connectivity index (χ1v) is 8.46. The van der Waals surface area contributed by atoms with Crippen molar-refractivity contribution in [2.24, 2.45) is 0 Å². The van der Waals surface area contributed by atoms with E-state index in [1.54, 1.807) is 25.3 Å². The van der Waals surface area contributed by atoms with Crippen LogP contribution in [0.4, 0.5) is 13.2 Å². The summed E-state index contributed by atoms with van der Waals surface area (Å²) in [4.78, 5) is 0. The van der Waals surface area contributed by atoms with Crippen LogP contribution in [0.5, 0.6) is 5.75 Å². The van der Waals surface area contributed by atoms with Gasteiger partial charge in [0.25, 0.3) is 0 Å². The molecule has 0 fully saturated rings. The molecule has 0 amide bonds. The fourth-order valence-corrected chi connectivity index (χ4v) is 2.91. The molecule has 0 saturated carbocycles. The highest BCUT2D eigenvalue weighted by molar-refractivity contribution is 5.37. The molecule has 4 nitrogen and oxygen atoms in total. The van der Waals surface area contributed by atoms with E-state index >= 15 is 0 Å². The molecule has 0 aliphatic heterocycles. The molecule has 1 unspecified atom stereocenters. The van der Waals surface area contributed by atoms with Crippen LogP contribution in [0.3, 0.4) is 0 Å². The second kappa shape index (κ2) is 7.84. The number of hydrogen-bond acceptors (Lipinski definition) is 3. The zero-order valence-corrected chi connectivity index (χ0v) is 15.3. The fourth-order valence-electron chi connectivity index (χ4n) is 2.91. The van der Waals surface area contributed by atoms with Crippen molar-refractivity contribution in [1.29, 1.82) is 0 Å². The van der Waals surface area contributed by atoms with E-state index in [1.165, 1.54) is 30.0 Å². The summed E-state index contributed by atoms with van der Waals surface area (Å²) in [7, 11) is 1.49. The number of nitrogens with one attached hydrogen (secondary N) is 1. The Bertz CT molecular complexity index is 956. The Hall–Kier alpha value is -2.80. The van der Waals surface area contributed by atoms with Gasteiger partial charge in [-0.15, -0.1) is 0 Å². The van der Waals surface area contributed by atoms with Crippen molar-refractivity contribution in [2.75, 3.05) is 7.11 Å². The minimum absolute atomic E-state index is 0.149. The Labute approximate surface area is 155 Å². The summed E-state index contributed by atoms with van der Waals surface area (Å²) in [5.74, 6) is -1.22. The van der Waals surface area contributed by atoms with Gasteiger partial charge in [-0.25, -0.2) is 17.9 Å². The van der Waals surface area contributed by atoms with Gasteiger partial charge >= 0.3 is 0 Å². The lowest BCUT2D eigenvalue weighted by molar-refractivity contribution is 0.410. The van der Waals surface area contributed by atoms with Gasteiger partial charge < -0.3 is 10.1 Å².